The summed E-state index contributed by atoms with van der Waals surface area (Å²) < 4.78 is 1.67. The fourth-order valence-electron chi connectivity index (χ4n) is 4.02. The summed E-state index contributed by atoms with van der Waals surface area (Å²) in [6.07, 6.45) is 6.80. The Morgan fingerprint density at radius 1 is 1.24 bits per heavy atom. The maximum absolute atomic E-state index is 13.6. The van der Waals surface area contributed by atoms with Crippen LogP contribution in [-0.4, -0.2) is 65.4 Å². The van der Waals surface area contributed by atoms with Crippen LogP contribution in [0.25, 0.3) is 22.6 Å². The molecule has 0 aromatic carbocycles. The zero-order valence-electron chi connectivity index (χ0n) is 17.8. The van der Waals surface area contributed by atoms with Gasteiger partial charge in [0.25, 0.3) is 5.91 Å². The molecule has 1 fully saturated rings. The number of hydrogen-bond donors (Lipinski definition) is 2. The lowest BCUT2D eigenvalue weighted by Gasteiger charge is -2.34. The Balaban J connectivity index is 1.48. The first kappa shape index (κ1) is 21.2. The molecule has 0 bridgehead atoms. The molecule has 11 nitrogen and oxygen atoms in total. The van der Waals surface area contributed by atoms with E-state index in [1.54, 1.807) is 53.4 Å². The maximum Gasteiger partial charge on any atom is 0.278 e. The number of piperidine rings is 1. The molecule has 4 aromatic heterocycles. The fraction of sp³-hybridized carbons (Fsp3) is 0.286. The summed E-state index contributed by atoms with van der Waals surface area (Å²) in [4.78, 5) is 24.1. The number of hydrogen-bond acceptors (Lipinski definition) is 8. The van der Waals surface area contributed by atoms with E-state index in [1.807, 2.05) is 6.07 Å². The lowest BCUT2D eigenvalue weighted by molar-refractivity contribution is 0.0966. The highest BCUT2D eigenvalue weighted by Crippen LogP contribution is 2.30. The van der Waals surface area contributed by atoms with Crippen molar-refractivity contribution in [3.05, 3.63) is 53.6 Å². The van der Waals surface area contributed by atoms with Gasteiger partial charge in [0.05, 0.1) is 17.3 Å². The number of aromatic nitrogens is 8. The number of aromatic amines is 1. The van der Waals surface area contributed by atoms with Gasteiger partial charge in [0.15, 0.2) is 5.82 Å². The number of anilines is 1. The average Bonchev–Trinajstić information content (AvgIpc) is 3.51. The van der Waals surface area contributed by atoms with Crippen molar-refractivity contribution in [2.24, 2.45) is 7.05 Å². The molecule has 33 heavy (non-hydrogen) atoms. The van der Waals surface area contributed by atoms with E-state index in [-0.39, 0.29) is 11.9 Å². The highest BCUT2D eigenvalue weighted by atomic mass is 35.5. The second kappa shape index (κ2) is 9.04. The van der Waals surface area contributed by atoms with Crippen molar-refractivity contribution in [3.63, 3.8) is 0 Å². The molecule has 1 aliphatic rings. The van der Waals surface area contributed by atoms with Crippen LogP contribution in [0, 0.1) is 0 Å². The quantitative estimate of drug-likeness (QED) is 0.459. The minimum absolute atomic E-state index is 0.0664. The van der Waals surface area contributed by atoms with Crippen molar-refractivity contribution in [2.45, 2.75) is 18.9 Å². The van der Waals surface area contributed by atoms with Gasteiger partial charge in [0.1, 0.15) is 11.4 Å². The Morgan fingerprint density at radius 3 is 2.85 bits per heavy atom. The number of halogens is 1. The smallest absolute Gasteiger partial charge is 0.278 e. The predicted octanol–water partition coefficient (Wildman–Crippen LogP) is 2.11. The molecule has 1 unspecified atom stereocenters. The Bertz CT molecular complexity index is 1250. The third-order valence-electron chi connectivity index (χ3n) is 5.61. The average molecular weight is 465 g/mol. The zero-order valence-corrected chi connectivity index (χ0v) is 18.6. The number of tetrazole rings is 1. The molecule has 1 saturated heterocycles. The van der Waals surface area contributed by atoms with Gasteiger partial charge < -0.3 is 5.32 Å². The SMILES string of the molecule is Cn1ncc(-c2ccc(C(=O)N(c3ncccc3Cl)C3CCCNC3)nc2)c1-c1nn[nH]n1. The number of nitrogens with one attached hydrogen (secondary N) is 2. The Labute approximate surface area is 194 Å². The number of carbonyl (C=O) groups is 1. The fourth-order valence-corrected chi connectivity index (χ4v) is 4.24. The van der Waals surface area contributed by atoms with E-state index in [4.69, 9.17) is 11.6 Å². The lowest BCUT2D eigenvalue weighted by Crippen LogP contribution is -2.49. The van der Waals surface area contributed by atoms with E-state index in [2.05, 4.69) is 41.0 Å². The van der Waals surface area contributed by atoms with Gasteiger partial charge in [-0.1, -0.05) is 17.7 Å². The first-order valence-electron chi connectivity index (χ1n) is 10.5. The van der Waals surface area contributed by atoms with Crippen LogP contribution in [0.15, 0.2) is 42.9 Å². The van der Waals surface area contributed by atoms with Crippen LogP contribution in [0.3, 0.4) is 0 Å². The molecule has 4 aromatic rings. The van der Waals surface area contributed by atoms with Crippen molar-refractivity contribution < 1.29 is 4.79 Å². The number of rotatable bonds is 5. The van der Waals surface area contributed by atoms with Gasteiger partial charge in [-0.3, -0.25) is 19.4 Å². The van der Waals surface area contributed by atoms with Gasteiger partial charge in [-0.15, -0.1) is 10.2 Å². The minimum atomic E-state index is -0.250. The molecular formula is C21H21ClN10O. The summed E-state index contributed by atoms with van der Waals surface area (Å²) in [6.45, 7) is 1.59. The number of H-pyrrole nitrogens is 1. The Morgan fingerprint density at radius 2 is 2.15 bits per heavy atom. The van der Waals surface area contributed by atoms with Gasteiger partial charge in [-0.2, -0.15) is 10.3 Å². The highest BCUT2D eigenvalue weighted by molar-refractivity contribution is 6.33. The summed E-state index contributed by atoms with van der Waals surface area (Å²) in [5.41, 5.74) is 2.56. The second-order valence-electron chi connectivity index (χ2n) is 7.68. The minimum Gasteiger partial charge on any atom is -0.315 e. The summed E-state index contributed by atoms with van der Waals surface area (Å²) in [7, 11) is 1.80. The second-order valence-corrected chi connectivity index (χ2v) is 8.09. The summed E-state index contributed by atoms with van der Waals surface area (Å²) in [6, 6.07) is 6.95. The standard InChI is InChI=1S/C21H21ClN10O/c1-31-18(19-27-29-30-28-19)15(12-26-31)13-6-7-17(25-10-13)21(33)32(14-4-2-8-23-11-14)20-16(22)5-3-9-24-20/h3,5-7,9-10,12,14,23H,2,4,8,11H2,1H3,(H,27,28,29,30). The van der Waals surface area contributed by atoms with E-state index in [0.29, 0.717) is 34.6 Å². The van der Waals surface area contributed by atoms with Crippen LogP contribution in [0.1, 0.15) is 23.3 Å². The van der Waals surface area contributed by atoms with Gasteiger partial charge in [0.2, 0.25) is 5.82 Å². The zero-order chi connectivity index (χ0) is 22.8. The number of carbonyl (C=O) groups excluding carboxylic acids is 1. The molecule has 1 aliphatic heterocycles. The molecule has 1 atom stereocenters. The predicted molar refractivity (Wildman–Crippen MR) is 122 cm³/mol. The first-order valence-corrected chi connectivity index (χ1v) is 10.9. The van der Waals surface area contributed by atoms with E-state index < -0.39 is 0 Å². The van der Waals surface area contributed by atoms with E-state index in [9.17, 15) is 4.79 Å². The Hall–Kier alpha value is -3.70. The highest BCUT2D eigenvalue weighted by Gasteiger charge is 2.31. The third-order valence-corrected chi connectivity index (χ3v) is 5.91. The number of amides is 1. The van der Waals surface area contributed by atoms with Crippen LogP contribution in [0.4, 0.5) is 5.82 Å². The molecule has 0 aliphatic carbocycles. The van der Waals surface area contributed by atoms with Gasteiger partial charge >= 0.3 is 0 Å². The van der Waals surface area contributed by atoms with Crippen molar-refractivity contribution in [3.8, 4) is 22.6 Å². The molecule has 0 radical (unpaired) electrons. The van der Waals surface area contributed by atoms with Crippen molar-refractivity contribution >= 4 is 23.3 Å². The third kappa shape index (κ3) is 4.08. The maximum atomic E-state index is 13.6. The molecule has 2 N–H and O–H groups in total. The number of pyridine rings is 2. The van der Waals surface area contributed by atoms with Crippen LogP contribution in [0.2, 0.25) is 5.02 Å². The molecule has 1 amide bonds. The summed E-state index contributed by atoms with van der Waals surface area (Å²) >= 11 is 6.42. The van der Waals surface area contributed by atoms with E-state index in [1.165, 1.54) is 0 Å². The van der Waals surface area contributed by atoms with Crippen LogP contribution in [0.5, 0.6) is 0 Å². The van der Waals surface area contributed by atoms with Crippen LogP contribution < -0.4 is 10.2 Å². The molecule has 0 spiro atoms. The molecule has 5 rings (SSSR count). The molecule has 0 saturated carbocycles. The summed E-state index contributed by atoms with van der Waals surface area (Å²) in [5.74, 6) is 0.613. The normalized spacial score (nSPS) is 16.0. The first-order chi connectivity index (χ1) is 16.1. The lowest BCUT2D eigenvalue weighted by atomic mass is 10.0. The monoisotopic (exact) mass is 464 g/mol. The number of aryl methyl sites for hydroxylation is 1. The largest absolute Gasteiger partial charge is 0.315 e. The number of nitrogens with zero attached hydrogens (tertiary/aromatic N) is 8. The van der Waals surface area contributed by atoms with Crippen LogP contribution in [-0.2, 0) is 7.05 Å². The van der Waals surface area contributed by atoms with Crippen LogP contribution >= 0.6 is 11.6 Å². The topological polar surface area (TPSA) is 130 Å². The van der Waals surface area contributed by atoms with E-state index >= 15 is 0 Å². The van der Waals surface area contributed by atoms with E-state index in [0.717, 1.165) is 30.5 Å². The Kier molecular flexibility index (Phi) is 5.80. The van der Waals surface area contributed by atoms with Gasteiger partial charge in [0, 0.05) is 37.1 Å². The van der Waals surface area contributed by atoms with Gasteiger partial charge in [-0.25, -0.2) is 4.98 Å². The van der Waals surface area contributed by atoms with Gasteiger partial charge in [-0.05, 0) is 42.8 Å². The van der Waals surface area contributed by atoms with Crippen molar-refractivity contribution in [2.75, 3.05) is 18.0 Å². The van der Waals surface area contributed by atoms with Crippen molar-refractivity contribution in [1.29, 1.82) is 0 Å². The van der Waals surface area contributed by atoms with Crippen molar-refractivity contribution in [1.82, 2.24) is 45.7 Å². The summed E-state index contributed by atoms with van der Waals surface area (Å²) in [5, 5.41) is 22.3. The molecule has 12 heteroatoms. The molecular weight excluding hydrogens is 444 g/mol. The molecule has 168 valence electrons. The molecule has 5 heterocycles.